The molecule has 1 aliphatic heterocycles. The van der Waals surface area contributed by atoms with Gasteiger partial charge in [0.05, 0.1) is 0 Å². The molecule has 0 aliphatic carbocycles. The van der Waals surface area contributed by atoms with Crippen molar-refractivity contribution in [2.75, 3.05) is 38.1 Å². The number of likely N-dealkylation sites (tertiary alicyclic amines) is 1. The van der Waals surface area contributed by atoms with Gasteiger partial charge < -0.3 is 15.1 Å². The van der Waals surface area contributed by atoms with Gasteiger partial charge >= 0.3 is 0 Å². The summed E-state index contributed by atoms with van der Waals surface area (Å²) in [5.74, 6) is 1.11. The normalized spacial score (nSPS) is 17.1. The zero-order chi connectivity index (χ0) is 15.1. The molecule has 1 aromatic rings. The van der Waals surface area contributed by atoms with E-state index in [4.69, 9.17) is 0 Å². The van der Waals surface area contributed by atoms with Crippen molar-refractivity contribution < 1.29 is 0 Å². The van der Waals surface area contributed by atoms with Gasteiger partial charge in [0.2, 0.25) is 0 Å². The number of piperidine rings is 1. The Labute approximate surface area is 129 Å². The molecule has 0 bridgehead atoms. The van der Waals surface area contributed by atoms with Crippen molar-refractivity contribution in [1.29, 1.82) is 0 Å². The third-order valence-corrected chi connectivity index (χ3v) is 4.48. The second kappa shape index (κ2) is 8.35. The molecule has 4 nitrogen and oxygen atoms in total. The van der Waals surface area contributed by atoms with Crippen LogP contribution < -0.4 is 10.2 Å². The Kier molecular flexibility index (Phi) is 6.46. The second-order valence-electron chi connectivity index (χ2n) is 5.98. The van der Waals surface area contributed by atoms with E-state index in [2.05, 4.69) is 53.1 Å². The second-order valence-corrected chi connectivity index (χ2v) is 5.98. The fraction of sp³-hybridized carbons (Fsp3) is 0.706. The Morgan fingerprint density at radius 1 is 1.33 bits per heavy atom. The lowest BCUT2D eigenvalue weighted by Crippen LogP contribution is -2.43. The van der Waals surface area contributed by atoms with Crippen LogP contribution in [0.1, 0.15) is 38.7 Å². The number of nitrogens with zero attached hydrogens (tertiary/aromatic N) is 3. The smallest absolute Gasteiger partial charge is 0.128 e. The van der Waals surface area contributed by atoms with E-state index >= 15 is 0 Å². The molecule has 1 aromatic heterocycles. The molecule has 118 valence electrons. The Morgan fingerprint density at radius 2 is 2.10 bits per heavy atom. The van der Waals surface area contributed by atoms with E-state index in [1.54, 1.807) is 0 Å². The molecule has 4 heteroatoms. The quantitative estimate of drug-likeness (QED) is 0.782. The molecular formula is C17H30N4. The number of rotatable bonds is 7. The summed E-state index contributed by atoms with van der Waals surface area (Å²) in [5, 5.41) is 3.46. The van der Waals surface area contributed by atoms with E-state index in [0.717, 1.165) is 18.9 Å². The zero-order valence-electron chi connectivity index (χ0n) is 13.8. The minimum absolute atomic E-state index is 0.624. The standard InChI is InChI=1S/C17H30N4/c1-4-9-18-14-15-6-10-19-17(13-15)20(3)16-7-11-21(5-2)12-8-16/h6,10,13,16,18H,4-5,7-9,11-12,14H2,1-3H3. The molecule has 1 N–H and O–H groups in total. The van der Waals surface area contributed by atoms with Gasteiger partial charge in [0.15, 0.2) is 0 Å². The molecule has 0 atom stereocenters. The zero-order valence-corrected chi connectivity index (χ0v) is 13.8. The molecular weight excluding hydrogens is 260 g/mol. The summed E-state index contributed by atoms with van der Waals surface area (Å²) in [7, 11) is 2.19. The van der Waals surface area contributed by atoms with Crippen LogP contribution >= 0.6 is 0 Å². The van der Waals surface area contributed by atoms with Gasteiger partial charge in [-0.15, -0.1) is 0 Å². The van der Waals surface area contributed by atoms with Crippen LogP contribution in [-0.2, 0) is 6.54 Å². The van der Waals surface area contributed by atoms with Crippen LogP contribution in [0.2, 0.25) is 0 Å². The van der Waals surface area contributed by atoms with Crippen molar-refractivity contribution in [2.45, 2.75) is 45.7 Å². The average molecular weight is 290 g/mol. The number of pyridine rings is 1. The van der Waals surface area contributed by atoms with Gasteiger partial charge in [-0.1, -0.05) is 13.8 Å². The van der Waals surface area contributed by atoms with Crippen molar-refractivity contribution in [3.05, 3.63) is 23.9 Å². The predicted octanol–water partition coefficient (Wildman–Crippen LogP) is 2.50. The fourth-order valence-electron chi connectivity index (χ4n) is 2.98. The lowest BCUT2D eigenvalue weighted by atomic mass is 10.0. The van der Waals surface area contributed by atoms with Crippen molar-refractivity contribution >= 4 is 5.82 Å². The van der Waals surface area contributed by atoms with Crippen LogP contribution in [-0.4, -0.2) is 49.2 Å². The van der Waals surface area contributed by atoms with Gasteiger partial charge in [-0.05, 0) is 50.0 Å². The number of nitrogens with one attached hydrogen (secondary N) is 1. The first-order chi connectivity index (χ1) is 10.2. The summed E-state index contributed by atoms with van der Waals surface area (Å²) in [6.07, 6.45) is 5.60. The van der Waals surface area contributed by atoms with Gasteiger partial charge in [-0.3, -0.25) is 0 Å². The summed E-state index contributed by atoms with van der Waals surface area (Å²) in [6, 6.07) is 4.97. The highest BCUT2D eigenvalue weighted by Crippen LogP contribution is 2.21. The maximum Gasteiger partial charge on any atom is 0.128 e. The minimum atomic E-state index is 0.624. The SMILES string of the molecule is CCCNCc1ccnc(N(C)C2CCN(CC)CC2)c1. The average Bonchev–Trinajstić information content (AvgIpc) is 2.55. The van der Waals surface area contributed by atoms with Crippen LogP contribution in [0.3, 0.4) is 0 Å². The largest absolute Gasteiger partial charge is 0.357 e. The van der Waals surface area contributed by atoms with E-state index in [-0.39, 0.29) is 0 Å². The Bertz CT molecular complexity index is 413. The van der Waals surface area contributed by atoms with Crippen LogP contribution in [0.25, 0.3) is 0 Å². The monoisotopic (exact) mass is 290 g/mol. The molecule has 2 rings (SSSR count). The Hall–Kier alpha value is -1.13. The Balaban J connectivity index is 1.92. The lowest BCUT2D eigenvalue weighted by Gasteiger charge is -2.37. The minimum Gasteiger partial charge on any atom is -0.357 e. The van der Waals surface area contributed by atoms with Crippen LogP contribution in [0.15, 0.2) is 18.3 Å². The fourth-order valence-corrected chi connectivity index (χ4v) is 2.98. The molecule has 0 amide bonds. The summed E-state index contributed by atoms with van der Waals surface area (Å²) >= 11 is 0. The van der Waals surface area contributed by atoms with E-state index in [0.29, 0.717) is 6.04 Å². The van der Waals surface area contributed by atoms with Crippen molar-refractivity contribution in [3.63, 3.8) is 0 Å². The van der Waals surface area contributed by atoms with Crippen LogP contribution in [0, 0.1) is 0 Å². The van der Waals surface area contributed by atoms with Crippen molar-refractivity contribution in [2.24, 2.45) is 0 Å². The van der Waals surface area contributed by atoms with Crippen molar-refractivity contribution in [1.82, 2.24) is 15.2 Å². The molecule has 0 spiro atoms. The van der Waals surface area contributed by atoms with Gasteiger partial charge in [0.1, 0.15) is 5.82 Å². The van der Waals surface area contributed by atoms with E-state index in [1.165, 1.54) is 44.5 Å². The molecule has 1 aliphatic rings. The topological polar surface area (TPSA) is 31.4 Å². The van der Waals surface area contributed by atoms with Gasteiger partial charge in [-0.2, -0.15) is 0 Å². The molecule has 0 unspecified atom stereocenters. The molecule has 0 aromatic carbocycles. The predicted molar refractivity (Wildman–Crippen MR) is 89.8 cm³/mol. The summed E-state index contributed by atoms with van der Waals surface area (Å²) in [6.45, 7) is 10.0. The molecule has 2 heterocycles. The number of hydrogen-bond donors (Lipinski definition) is 1. The highest BCUT2D eigenvalue weighted by atomic mass is 15.2. The summed E-state index contributed by atoms with van der Waals surface area (Å²) < 4.78 is 0. The summed E-state index contributed by atoms with van der Waals surface area (Å²) in [5.41, 5.74) is 1.33. The van der Waals surface area contributed by atoms with Gasteiger partial charge in [0, 0.05) is 38.9 Å². The number of anilines is 1. The molecule has 0 radical (unpaired) electrons. The van der Waals surface area contributed by atoms with Gasteiger partial charge in [-0.25, -0.2) is 4.98 Å². The highest BCUT2D eigenvalue weighted by molar-refractivity contribution is 5.41. The first-order valence-corrected chi connectivity index (χ1v) is 8.35. The maximum atomic E-state index is 4.57. The van der Waals surface area contributed by atoms with Crippen molar-refractivity contribution in [3.8, 4) is 0 Å². The molecule has 0 saturated carbocycles. The third kappa shape index (κ3) is 4.68. The van der Waals surface area contributed by atoms with E-state index in [9.17, 15) is 0 Å². The summed E-state index contributed by atoms with van der Waals surface area (Å²) in [4.78, 5) is 9.47. The third-order valence-electron chi connectivity index (χ3n) is 4.48. The molecule has 1 fully saturated rings. The Morgan fingerprint density at radius 3 is 2.76 bits per heavy atom. The lowest BCUT2D eigenvalue weighted by molar-refractivity contribution is 0.220. The highest BCUT2D eigenvalue weighted by Gasteiger charge is 2.22. The van der Waals surface area contributed by atoms with Gasteiger partial charge in [0.25, 0.3) is 0 Å². The van der Waals surface area contributed by atoms with E-state index < -0.39 is 0 Å². The number of aromatic nitrogens is 1. The van der Waals surface area contributed by atoms with E-state index in [1.807, 2.05) is 6.20 Å². The van der Waals surface area contributed by atoms with Crippen LogP contribution in [0.5, 0.6) is 0 Å². The molecule has 21 heavy (non-hydrogen) atoms. The van der Waals surface area contributed by atoms with Crippen LogP contribution in [0.4, 0.5) is 5.82 Å². The maximum absolute atomic E-state index is 4.57. The molecule has 1 saturated heterocycles. The number of hydrogen-bond acceptors (Lipinski definition) is 4. The first-order valence-electron chi connectivity index (χ1n) is 8.35. The first kappa shape index (κ1) is 16.2.